The summed E-state index contributed by atoms with van der Waals surface area (Å²) in [7, 11) is 0. The van der Waals surface area contributed by atoms with Crippen molar-refractivity contribution in [3.8, 4) is 0 Å². The van der Waals surface area contributed by atoms with Crippen molar-refractivity contribution in [2.24, 2.45) is 0 Å². The van der Waals surface area contributed by atoms with Crippen LogP contribution in [-0.2, 0) is 12.8 Å². The Labute approximate surface area is 118 Å². The molecule has 0 heterocycles. The predicted octanol–water partition coefficient (Wildman–Crippen LogP) is 5.05. The lowest BCUT2D eigenvalue weighted by Gasteiger charge is -2.16. The van der Waals surface area contributed by atoms with E-state index >= 15 is 0 Å². The Morgan fingerprint density at radius 3 is 1.28 bits per heavy atom. The summed E-state index contributed by atoms with van der Waals surface area (Å²) in [6.07, 6.45) is 1.71. The SMILES string of the molecule is Cl[C@@H]1Cc2ccc(cc2)[C@@H](Cl)Cc2ccc1cc2. The molecule has 2 atom stereocenters. The van der Waals surface area contributed by atoms with Gasteiger partial charge in [0.25, 0.3) is 0 Å². The zero-order valence-electron chi connectivity index (χ0n) is 9.94. The number of halogens is 2. The van der Waals surface area contributed by atoms with Gasteiger partial charge in [0, 0.05) is 0 Å². The van der Waals surface area contributed by atoms with E-state index in [0.29, 0.717) is 0 Å². The number of benzene rings is 2. The third-order valence-corrected chi connectivity index (χ3v) is 4.33. The van der Waals surface area contributed by atoms with E-state index in [1.807, 2.05) is 0 Å². The van der Waals surface area contributed by atoms with Crippen LogP contribution in [0.25, 0.3) is 0 Å². The highest BCUT2D eigenvalue weighted by Gasteiger charge is 2.14. The maximum atomic E-state index is 6.45. The van der Waals surface area contributed by atoms with Crippen LogP contribution in [0.15, 0.2) is 48.5 Å². The highest BCUT2D eigenvalue weighted by molar-refractivity contribution is 6.21. The van der Waals surface area contributed by atoms with Gasteiger partial charge in [-0.3, -0.25) is 0 Å². The van der Waals surface area contributed by atoms with Gasteiger partial charge in [0.05, 0.1) is 10.8 Å². The first-order chi connectivity index (χ1) is 8.72. The average Bonchev–Trinajstić information content (AvgIpc) is 2.39. The molecule has 0 nitrogen and oxygen atoms in total. The number of alkyl halides is 2. The van der Waals surface area contributed by atoms with E-state index in [-0.39, 0.29) is 10.8 Å². The van der Waals surface area contributed by atoms with Gasteiger partial charge in [0.15, 0.2) is 0 Å². The van der Waals surface area contributed by atoms with Crippen LogP contribution in [-0.4, -0.2) is 0 Å². The molecule has 6 rings (SSSR count). The summed E-state index contributed by atoms with van der Waals surface area (Å²) in [6, 6.07) is 17.0. The van der Waals surface area contributed by atoms with Crippen molar-refractivity contribution in [3.05, 3.63) is 70.8 Å². The lowest BCUT2D eigenvalue weighted by Crippen LogP contribution is -2.01. The summed E-state index contributed by atoms with van der Waals surface area (Å²) in [4.78, 5) is 0. The molecule has 0 radical (unpaired) electrons. The van der Waals surface area contributed by atoms with E-state index < -0.39 is 0 Å². The summed E-state index contributed by atoms with van der Waals surface area (Å²) in [5, 5.41) is 0.0762. The lowest BCUT2D eigenvalue weighted by molar-refractivity contribution is 0.884. The van der Waals surface area contributed by atoms with Crippen LogP contribution in [0.5, 0.6) is 0 Å². The average molecular weight is 277 g/mol. The molecule has 2 aromatic rings. The van der Waals surface area contributed by atoms with Gasteiger partial charge in [-0.05, 0) is 35.1 Å². The molecule has 2 aromatic carbocycles. The molecule has 0 saturated heterocycles. The van der Waals surface area contributed by atoms with Crippen LogP contribution in [0.1, 0.15) is 33.0 Å². The first-order valence-corrected chi connectivity index (χ1v) is 7.05. The van der Waals surface area contributed by atoms with Crippen molar-refractivity contribution >= 4 is 23.2 Å². The number of hydrogen-bond donors (Lipinski definition) is 0. The Balaban J connectivity index is 2.05. The Bertz CT molecular complexity index is 477. The van der Waals surface area contributed by atoms with Crippen molar-refractivity contribution in [2.45, 2.75) is 23.6 Å². The number of rotatable bonds is 0. The lowest BCUT2D eigenvalue weighted by atomic mass is 9.96. The molecule has 0 aromatic heterocycles. The second-order valence-corrected chi connectivity index (χ2v) is 5.88. The van der Waals surface area contributed by atoms with E-state index in [0.717, 1.165) is 12.8 Å². The molecule has 0 amide bonds. The topological polar surface area (TPSA) is 0 Å². The minimum absolute atomic E-state index is 0.0381. The van der Waals surface area contributed by atoms with E-state index in [9.17, 15) is 0 Å². The Morgan fingerprint density at radius 1 is 0.611 bits per heavy atom. The van der Waals surface area contributed by atoms with E-state index in [4.69, 9.17) is 23.2 Å². The van der Waals surface area contributed by atoms with Gasteiger partial charge in [0.1, 0.15) is 0 Å². The predicted molar refractivity (Wildman–Crippen MR) is 77.5 cm³/mol. The molecule has 2 heteroatoms. The first kappa shape index (κ1) is 12.1. The van der Waals surface area contributed by atoms with Crippen molar-refractivity contribution in [1.82, 2.24) is 0 Å². The molecule has 0 N–H and O–H groups in total. The van der Waals surface area contributed by atoms with Crippen molar-refractivity contribution in [3.63, 3.8) is 0 Å². The fourth-order valence-corrected chi connectivity index (χ4v) is 3.02. The van der Waals surface area contributed by atoms with Crippen molar-refractivity contribution in [2.75, 3.05) is 0 Å². The summed E-state index contributed by atoms with van der Waals surface area (Å²) in [6.45, 7) is 0. The number of hydrogen-bond acceptors (Lipinski definition) is 0. The van der Waals surface area contributed by atoms with E-state index in [2.05, 4.69) is 48.5 Å². The van der Waals surface area contributed by atoms with Crippen LogP contribution >= 0.6 is 23.2 Å². The van der Waals surface area contributed by atoms with Gasteiger partial charge in [-0.2, -0.15) is 0 Å². The first-order valence-electron chi connectivity index (χ1n) is 6.18. The highest BCUT2D eigenvalue weighted by Crippen LogP contribution is 2.30. The van der Waals surface area contributed by atoms with Crippen molar-refractivity contribution in [1.29, 1.82) is 0 Å². The van der Waals surface area contributed by atoms with Crippen LogP contribution in [0.3, 0.4) is 0 Å². The summed E-state index contributed by atoms with van der Waals surface area (Å²) >= 11 is 12.9. The van der Waals surface area contributed by atoms with Gasteiger partial charge >= 0.3 is 0 Å². The minimum atomic E-state index is 0.0381. The van der Waals surface area contributed by atoms with Crippen LogP contribution in [0.4, 0.5) is 0 Å². The smallest absolute Gasteiger partial charge is 0.0625 e. The Morgan fingerprint density at radius 2 is 0.944 bits per heavy atom. The van der Waals surface area contributed by atoms with Gasteiger partial charge in [-0.1, -0.05) is 48.5 Å². The molecular weight excluding hydrogens is 263 g/mol. The molecule has 0 aliphatic heterocycles. The second kappa shape index (κ2) is 4.95. The molecule has 0 unspecified atom stereocenters. The molecule has 92 valence electrons. The highest BCUT2D eigenvalue weighted by atomic mass is 35.5. The maximum Gasteiger partial charge on any atom is 0.0625 e. The minimum Gasteiger partial charge on any atom is -0.117 e. The normalized spacial score (nSPS) is 22.6. The summed E-state index contributed by atoms with van der Waals surface area (Å²) in [5.41, 5.74) is 4.87. The molecule has 4 bridgehead atoms. The zero-order valence-corrected chi connectivity index (χ0v) is 11.5. The van der Waals surface area contributed by atoms with Gasteiger partial charge in [-0.25, -0.2) is 0 Å². The van der Waals surface area contributed by atoms with E-state index in [1.165, 1.54) is 22.3 Å². The Hall–Kier alpha value is -0.980. The zero-order chi connectivity index (χ0) is 12.5. The van der Waals surface area contributed by atoms with Gasteiger partial charge in [0.2, 0.25) is 0 Å². The quantitative estimate of drug-likeness (QED) is 0.591. The van der Waals surface area contributed by atoms with Gasteiger partial charge < -0.3 is 0 Å². The molecule has 4 aliphatic carbocycles. The molecule has 0 spiro atoms. The molecule has 0 fully saturated rings. The fraction of sp³-hybridized carbons (Fsp3) is 0.250. The summed E-state index contributed by atoms with van der Waals surface area (Å²) in [5.74, 6) is 0. The molecule has 0 saturated carbocycles. The van der Waals surface area contributed by atoms with E-state index in [1.54, 1.807) is 0 Å². The molecule has 18 heavy (non-hydrogen) atoms. The fourth-order valence-electron chi connectivity index (χ4n) is 2.37. The third-order valence-electron chi connectivity index (χ3n) is 3.51. The Kier molecular flexibility index (Phi) is 3.32. The third kappa shape index (κ3) is 2.41. The standard InChI is InChI=1S/C16H14Cl2/c17-15-9-11-1-5-13(6-2-11)16(18)10-12-3-7-14(15)8-4-12/h1-8,15-16H,9-10H2/t15-,16+. The maximum absolute atomic E-state index is 6.45. The van der Waals surface area contributed by atoms with Crippen LogP contribution < -0.4 is 0 Å². The second-order valence-electron chi connectivity index (χ2n) is 4.83. The molecular formula is C16H14Cl2. The monoisotopic (exact) mass is 276 g/mol. The summed E-state index contributed by atoms with van der Waals surface area (Å²) < 4.78 is 0. The van der Waals surface area contributed by atoms with Crippen LogP contribution in [0, 0.1) is 0 Å². The van der Waals surface area contributed by atoms with Gasteiger partial charge in [-0.15, -0.1) is 23.2 Å². The largest absolute Gasteiger partial charge is 0.117 e. The molecule has 4 aliphatic rings. The van der Waals surface area contributed by atoms with Crippen LogP contribution in [0.2, 0.25) is 0 Å². The van der Waals surface area contributed by atoms with Crippen molar-refractivity contribution < 1.29 is 0 Å².